The summed E-state index contributed by atoms with van der Waals surface area (Å²) in [5.41, 5.74) is 5.32. The summed E-state index contributed by atoms with van der Waals surface area (Å²) >= 11 is 3.55. The molecule has 0 aliphatic heterocycles. The van der Waals surface area contributed by atoms with Crippen LogP contribution in [-0.4, -0.2) is 41.2 Å². The third kappa shape index (κ3) is 9.40. The number of aliphatic hydroxyl groups is 1. The van der Waals surface area contributed by atoms with Crippen molar-refractivity contribution >= 4 is 23.3 Å². The van der Waals surface area contributed by atoms with Gasteiger partial charge in [0.2, 0.25) is 0 Å². The Kier molecular flexibility index (Phi) is 10.9. The second kappa shape index (κ2) is 13.6. The molecular formula is C30H42N2OS2. The lowest BCUT2D eigenvalue weighted by Gasteiger charge is -2.29. The van der Waals surface area contributed by atoms with Crippen LogP contribution in [0.15, 0.2) is 64.9 Å². The predicted molar refractivity (Wildman–Crippen MR) is 154 cm³/mol. The van der Waals surface area contributed by atoms with E-state index in [0.717, 1.165) is 32.1 Å². The summed E-state index contributed by atoms with van der Waals surface area (Å²) in [6, 6.07) is 19.7. The maximum atomic E-state index is 10.7. The molecule has 0 spiro atoms. The number of likely N-dealkylation sites (N-methyl/N-ethyl adjacent to an activating group) is 1. The molecule has 2 aromatic carbocycles. The normalized spacial score (nSPS) is 12.9. The minimum Gasteiger partial charge on any atom is -0.390 e. The van der Waals surface area contributed by atoms with Crippen molar-refractivity contribution in [3.05, 3.63) is 76.0 Å². The van der Waals surface area contributed by atoms with Crippen LogP contribution >= 0.6 is 23.3 Å². The van der Waals surface area contributed by atoms with E-state index in [0.29, 0.717) is 13.1 Å². The molecule has 35 heavy (non-hydrogen) atoms. The third-order valence-electron chi connectivity index (χ3n) is 6.35. The molecule has 0 saturated heterocycles. The van der Waals surface area contributed by atoms with Crippen LogP contribution in [0.25, 0.3) is 11.1 Å². The van der Waals surface area contributed by atoms with Gasteiger partial charge in [-0.3, -0.25) is 0 Å². The fourth-order valence-electron chi connectivity index (χ4n) is 4.34. The fraction of sp³-hybridized carbons (Fsp3) is 0.467. The van der Waals surface area contributed by atoms with Gasteiger partial charge < -0.3 is 10.4 Å². The first-order chi connectivity index (χ1) is 16.8. The number of β-amino-alcohol motifs (C(OH)–C–C–N with tert-alkyl or cyclic N) is 1. The zero-order chi connectivity index (χ0) is 25.3. The molecule has 1 unspecified atom stereocenters. The highest BCUT2D eigenvalue weighted by Gasteiger charge is 2.19. The number of nitrogens with zero attached hydrogens (tertiary/aromatic N) is 1. The van der Waals surface area contributed by atoms with E-state index >= 15 is 0 Å². The van der Waals surface area contributed by atoms with Crippen LogP contribution in [0.2, 0.25) is 0 Å². The Morgan fingerprint density at radius 2 is 1.80 bits per heavy atom. The first-order valence-electron chi connectivity index (χ1n) is 12.8. The second-order valence-electron chi connectivity index (χ2n) is 10.2. The Labute approximate surface area is 221 Å². The maximum absolute atomic E-state index is 10.7. The first kappa shape index (κ1) is 27.9. The van der Waals surface area contributed by atoms with Crippen molar-refractivity contribution in [2.24, 2.45) is 0 Å². The third-order valence-corrected chi connectivity index (χ3v) is 8.36. The highest BCUT2D eigenvalue weighted by Crippen LogP contribution is 2.28. The van der Waals surface area contributed by atoms with Crippen molar-refractivity contribution in [3.8, 4) is 11.1 Å². The summed E-state index contributed by atoms with van der Waals surface area (Å²) < 4.78 is 2.13. The summed E-state index contributed by atoms with van der Waals surface area (Å²) in [7, 11) is 2.05. The average molecular weight is 511 g/mol. The van der Waals surface area contributed by atoms with Gasteiger partial charge in [0.25, 0.3) is 0 Å². The number of thiophene rings is 1. The molecule has 1 heterocycles. The number of rotatable bonds is 14. The van der Waals surface area contributed by atoms with E-state index in [-0.39, 0.29) is 5.54 Å². The van der Waals surface area contributed by atoms with Crippen LogP contribution in [-0.2, 0) is 12.8 Å². The summed E-state index contributed by atoms with van der Waals surface area (Å²) in [5, 5.41) is 16.4. The van der Waals surface area contributed by atoms with Crippen molar-refractivity contribution in [2.45, 2.75) is 76.3 Å². The topological polar surface area (TPSA) is 35.5 Å². The Bertz CT molecular complexity index is 1050. The van der Waals surface area contributed by atoms with Crippen LogP contribution in [0.5, 0.6) is 0 Å². The van der Waals surface area contributed by atoms with Crippen LogP contribution in [0.3, 0.4) is 0 Å². The van der Waals surface area contributed by atoms with Gasteiger partial charge in [0, 0.05) is 28.4 Å². The van der Waals surface area contributed by atoms with Gasteiger partial charge >= 0.3 is 0 Å². The second-order valence-corrected chi connectivity index (χ2v) is 12.5. The van der Waals surface area contributed by atoms with Gasteiger partial charge in [-0.05, 0) is 111 Å². The SMILES string of the molecule is CCCc1cccc(-c2cccc(SN(C)CC(O)CNC(C)(C)CCCc3sccc3C)c2)c1. The van der Waals surface area contributed by atoms with Gasteiger partial charge in [-0.15, -0.1) is 11.3 Å². The van der Waals surface area contributed by atoms with E-state index in [1.807, 2.05) is 11.3 Å². The molecule has 3 rings (SSSR count). The van der Waals surface area contributed by atoms with E-state index in [1.54, 1.807) is 11.9 Å². The molecule has 5 heteroatoms. The molecule has 0 aliphatic carbocycles. The van der Waals surface area contributed by atoms with Gasteiger partial charge in [0.15, 0.2) is 0 Å². The molecule has 0 fully saturated rings. The highest BCUT2D eigenvalue weighted by molar-refractivity contribution is 7.97. The Hall–Kier alpha value is -1.63. The van der Waals surface area contributed by atoms with Gasteiger partial charge in [-0.2, -0.15) is 0 Å². The van der Waals surface area contributed by atoms with Crippen LogP contribution in [0.1, 0.15) is 56.0 Å². The molecule has 3 aromatic rings. The summed E-state index contributed by atoms with van der Waals surface area (Å²) in [6.45, 7) is 10.1. The standard InChI is InChI=1S/C30H42N2OS2/c1-6-10-24-11-7-12-25(19-24)26-13-8-14-28(20-26)35-32(5)22-27(33)21-31-30(3,4)17-9-15-29-23(2)16-18-34-29/h7-8,11-14,16,18-20,27,31,33H,6,9-10,15,17,21-22H2,1-5H3. The van der Waals surface area contributed by atoms with Crippen molar-refractivity contribution in [3.63, 3.8) is 0 Å². The van der Waals surface area contributed by atoms with Crippen molar-refractivity contribution < 1.29 is 5.11 Å². The van der Waals surface area contributed by atoms with E-state index in [9.17, 15) is 5.11 Å². The number of benzene rings is 2. The zero-order valence-electron chi connectivity index (χ0n) is 22.0. The molecule has 3 nitrogen and oxygen atoms in total. The molecule has 0 saturated carbocycles. The van der Waals surface area contributed by atoms with Gasteiger partial charge in [-0.1, -0.05) is 49.7 Å². The molecular weight excluding hydrogens is 468 g/mol. The van der Waals surface area contributed by atoms with E-state index in [2.05, 4.69) is 104 Å². The van der Waals surface area contributed by atoms with E-state index in [4.69, 9.17) is 0 Å². The zero-order valence-corrected chi connectivity index (χ0v) is 23.6. The summed E-state index contributed by atoms with van der Waals surface area (Å²) in [5.74, 6) is 0. The minimum absolute atomic E-state index is 0.0124. The molecule has 2 N–H and O–H groups in total. The van der Waals surface area contributed by atoms with Crippen molar-refractivity contribution in [1.29, 1.82) is 0 Å². The van der Waals surface area contributed by atoms with Crippen molar-refractivity contribution in [1.82, 2.24) is 9.62 Å². The number of hydrogen-bond donors (Lipinski definition) is 2. The molecule has 1 atom stereocenters. The van der Waals surface area contributed by atoms with Crippen LogP contribution < -0.4 is 5.32 Å². The van der Waals surface area contributed by atoms with Gasteiger partial charge in [0.05, 0.1) is 6.10 Å². The molecule has 190 valence electrons. The molecule has 0 bridgehead atoms. The Morgan fingerprint density at radius 3 is 2.51 bits per heavy atom. The van der Waals surface area contributed by atoms with Crippen LogP contribution in [0, 0.1) is 6.92 Å². The van der Waals surface area contributed by atoms with E-state index in [1.165, 1.54) is 32.0 Å². The van der Waals surface area contributed by atoms with Crippen LogP contribution in [0.4, 0.5) is 0 Å². The fourth-order valence-corrected chi connectivity index (χ4v) is 6.22. The Morgan fingerprint density at radius 1 is 1.06 bits per heavy atom. The van der Waals surface area contributed by atoms with Crippen molar-refractivity contribution in [2.75, 3.05) is 20.1 Å². The smallest absolute Gasteiger partial charge is 0.0800 e. The Balaban J connectivity index is 1.45. The quantitative estimate of drug-likeness (QED) is 0.222. The maximum Gasteiger partial charge on any atom is 0.0800 e. The monoisotopic (exact) mass is 510 g/mol. The average Bonchev–Trinajstić information content (AvgIpc) is 3.23. The van der Waals surface area contributed by atoms with Gasteiger partial charge in [0.1, 0.15) is 0 Å². The van der Waals surface area contributed by atoms with E-state index < -0.39 is 6.10 Å². The lowest BCUT2D eigenvalue weighted by molar-refractivity contribution is 0.140. The number of aryl methyl sites for hydroxylation is 3. The number of aliphatic hydroxyl groups excluding tert-OH is 1. The molecule has 0 radical (unpaired) electrons. The highest BCUT2D eigenvalue weighted by atomic mass is 32.2. The largest absolute Gasteiger partial charge is 0.390 e. The van der Waals surface area contributed by atoms with Gasteiger partial charge in [-0.25, -0.2) is 4.31 Å². The molecule has 0 aliphatic rings. The summed E-state index contributed by atoms with van der Waals surface area (Å²) in [4.78, 5) is 2.69. The minimum atomic E-state index is -0.416. The summed E-state index contributed by atoms with van der Waals surface area (Å²) in [6.07, 6.45) is 5.24. The molecule has 1 aromatic heterocycles. The molecule has 0 amide bonds. The number of nitrogens with one attached hydrogen (secondary N) is 1. The lowest BCUT2D eigenvalue weighted by atomic mass is 9.96. The lowest BCUT2D eigenvalue weighted by Crippen LogP contribution is -2.45. The number of hydrogen-bond acceptors (Lipinski definition) is 5. The first-order valence-corrected chi connectivity index (χ1v) is 14.5. The predicted octanol–water partition coefficient (Wildman–Crippen LogP) is 7.37.